The highest BCUT2D eigenvalue weighted by Crippen LogP contribution is 2.20. The average Bonchev–Trinajstić information content (AvgIpc) is 3.31. The molecule has 0 aliphatic carbocycles. The van der Waals surface area contributed by atoms with Crippen LogP contribution in [0, 0.1) is 0 Å². The number of esters is 1. The van der Waals surface area contributed by atoms with Crippen molar-refractivity contribution < 1.29 is 29.3 Å². The minimum absolute atomic E-state index is 0.0821. The number of carboxylic acid groups (broad SMARTS) is 1. The van der Waals surface area contributed by atoms with E-state index in [0.717, 1.165) is 22.8 Å². The summed E-state index contributed by atoms with van der Waals surface area (Å²) in [5.41, 5.74) is 2.65. The predicted molar refractivity (Wildman–Crippen MR) is 120 cm³/mol. The van der Waals surface area contributed by atoms with Gasteiger partial charge in [-0.1, -0.05) is 54.6 Å². The monoisotopic (exact) mass is 451 g/mol. The minimum atomic E-state index is -1.42. The van der Waals surface area contributed by atoms with Gasteiger partial charge in [0, 0.05) is 18.5 Å². The van der Waals surface area contributed by atoms with Gasteiger partial charge in [-0.3, -0.25) is 9.89 Å². The maximum Gasteiger partial charge on any atom is 0.353 e. The number of carbonyl (C=O) groups is 3. The van der Waals surface area contributed by atoms with E-state index in [2.05, 4.69) is 15.5 Å². The van der Waals surface area contributed by atoms with Crippen LogP contribution in [0.5, 0.6) is 0 Å². The van der Waals surface area contributed by atoms with Crippen molar-refractivity contribution in [2.45, 2.75) is 31.9 Å². The summed E-state index contributed by atoms with van der Waals surface area (Å²) in [5, 5.41) is 27.9. The maximum absolute atomic E-state index is 12.6. The second kappa shape index (κ2) is 11.1. The number of benzene rings is 2. The summed E-state index contributed by atoms with van der Waals surface area (Å²) in [6.45, 7) is 1.76. The van der Waals surface area contributed by atoms with Crippen molar-refractivity contribution in [3.05, 3.63) is 77.6 Å². The summed E-state index contributed by atoms with van der Waals surface area (Å²) < 4.78 is 4.85. The van der Waals surface area contributed by atoms with Crippen molar-refractivity contribution in [1.29, 1.82) is 0 Å². The SMILES string of the molecule is CCOC(=O)[C@H](O)C[C@H](Cc1ccc(-c2ccccc2)cc1)NC(=O)c1cc(C(=O)O)[nH]n1. The second-order valence-corrected chi connectivity index (χ2v) is 7.41. The van der Waals surface area contributed by atoms with E-state index in [0.29, 0.717) is 6.42 Å². The van der Waals surface area contributed by atoms with Crippen LogP contribution in [-0.2, 0) is 16.0 Å². The highest BCUT2D eigenvalue weighted by atomic mass is 16.5. The zero-order valence-electron chi connectivity index (χ0n) is 18.0. The summed E-state index contributed by atoms with van der Waals surface area (Å²) in [4.78, 5) is 35.5. The standard InChI is InChI=1S/C24H25N3O6/c1-2-33-24(32)21(28)13-18(25-22(29)19-14-20(23(30)31)27-26-19)12-15-8-10-17(11-9-15)16-6-4-3-5-7-16/h3-11,14,18,21,28H,2,12-13H2,1H3,(H,25,29)(H,26,27)(H,30,31)/t18-,21+/m0/s1. The van der Waals surface area contributed by atoms with Crippen molar-refractivity contribution in [3.8, 4) is 11.1 Å². The third-order valence-corrected chi connectivity index (χ3v) is 4.99. The normalized spacial score (nSPS) is 12.5. The quantitative estimate of drug-likeness (QED) is 0.347. The molecule has 2 aromatic carbocycles. The van der Waals surface area contributed by atoms with Crippen LogP contribution < -0.4 is 5.32 Å². The third-order valence-electron chi connectivity index (χ3n) is 4.99. The number of nitrogens with zero attached hydrogens (tertiary/aromatic N) is 1. The molecule has 0 spiro atoms. The van der Waals surface area contributed by atoms with Crippen LogP contribution in [0.4, 0.5) is 0 Å². The van der Waals surface area contributed by atoms with E-state index in [9.17, 15) is 19.5 Å². The molecule has 4 N–H and O–H groups in total. The average molecular weight is 451 g/mol. The Labute approximate surface area is 190 Å². The summed E-state index contributed by atoms with van der Waals surface area (Å²) in [7, 11) is 0. The van der Waals surface area contributed by atoms with Gasteiger partial charge in [-0.05, 0) is 30.0 Å². The van der Waals surface area contributed by atoms with E-state index in [1.165, 1.54) is 0 Å². The lowest BCUT2D eigenvalue weighted by molar-refractivity contribution is -0.153. The number of carboxylic acids is 1. The molecule has 33 heavy (non-hydrogen) atoms. The number of carbonyl (C=O) groups excluding carboxylic acids is 2. The fourth-order valence-electron chi connectivity index (χ4n) is 3.35. The van der Waals surface area contributed by atoms with Gasteiger partial charge in [0.05, 0.1) is 6.61 Å². The second-order valence-electron chi connectivity index (χ2n) is 7.41. The number of aromatic carboxylic acids is 1. The van der Waals surface area contributed by atoms with Gasteiger partial charge in [0.1, 0.15) is 5.69 Å². The fraction of sp³-hybridized carbons (Fsp3) is 0.250. The number of aliphatic hydroxyl groups is 1. The summed E-state index contributed by atoms with van der Waals surface area (Å²) >= 11 is 0. The van der Waals surface area contributed by atoms with E-state index in [1.807, 2.05) is 54.6 Å². The minimum Gasteiger partial charge on any atom is -0.477 e. The van der Waals surface area contributed by atoms with E-state index in [1.54, 1.807) is 6.92 Å². The van der Waals surface area contributed by atoms with Crippen molar-refractivity contribution in [3.63, 3.8) is 0 Å². The zero-order chi connectivity index (χ0) is 23.8. The number of nitrogens with one attached hydrogen (secondary N) is 2. The lowest BCUT2D eigenvalue weighted by Gasteiger charge is -2.21. The van der Waals surface area contributed by atoms with Crippen LogP contribution in [0.1, 0.15) is 39.9 Å². The molecule has 0 saturated heterocycles. The Balaban J connectivity index is 1.75. The highest BCUT2D eigenvalue weighted by molar-refractivity contribution is 5.95. The van der Waals surface area contributed by atoms with Gasteiger partial charge < -0.3 is 20.3 Å². The first-order valence-electron chi connectivity index (χ1n) is 10.5. The van der Waals surface area contributed by atoms with Crippen molar-refractivity contribution >= 4 is 17.8 Å². The zero-order valence-corrected chi connectivity index (χ0v) is 18.0. The molecule has 1 heterocycles. The highest BCUT2D eigenvalue weighted by Gasteiger charge is 2.25. The van der Waals surface area contributed by atoms with Gasteiger partial charge in [-0.2, -0.15) is 5.10 Å². The number of hydrogen-bond acceptors (Lipinski definition) is 6. The molecule has 0 radical (unpaired) electrons. The molecule has 9 nitrogen and oxygen atoms in total. The van der Waals surface area contributed by atoms with Crippen LogP contribution >= 0.6 is 0 Å². The number of hydrogen-bond donors (Lipinski definition) is 4. The van der Waals surface area contributed by atoms with Crippen LogP contribution in [-0.4, -0.2) is 57.0 Å². The summed E-state index contributed by atoms with van der Waals surface area (Å²) in [6, 6.07) is 18.1. The smallest absolute Gasteiger partial charge is 0.353 e. The van der Waals surface area contributed by atoms with E-state index in [4.69, 9.17) is 9.84 Å². The molecule has 3 rings (SSSR count). The Morgan fingerprint density at radius 1 is 1.06 bits per heavy atom. The van der Waals surface area contributed by atoms with E-state index in [-0.39, 0.29) is 24.4 Å². The predicted octanol–water partition coefficient (Wildman–Crippen LogP) is 2.43. The van der Waals surface area contributed by atoms with E-state index >= 15 is 0 Å². The van der Waals surface area contributed by atoms with Crippen molar-refractivity contribution in [2.75, 3.05) is 6.61 Å². The first-order valence-corrected chi connectivity index (χ1v) is 10.5. The van der Waals surface area contributed by atoms with Crippen molar-refractivity contribution in [2.24, 2.45) is 0 Å². The fourth-order valence-corrected chi connectivity index (χ4v) is 3.35. The Morgan fingerprint density at radius 2 is 1.73 bits per heavy atom. The molecule has 3 aromatic rings. The van der Waals surface area contributed by atoms with Gasteiger partial charge in [0.15, 0.2) is 11.8 Å². The van der Waals surface area contributed by atoms with E-state index < -0.39 is 30.0 Å². The number of ether oxygens (including phenoxy) is 1. The van der Waals surface area contributed by atoms with Crippen molar-refractivity contribution in [1.82, 2.24) is 15.5 Å². The number of rotatable bonds is 10. The lowest BCUT2D eigenvalue weighted by Crippen LogP contribution is -2.41. The Bertz CT molecular complexity index is 1090. The van der Waals surface area contributed by atoms with Gasteiger partial charge in [0.2, 0.25) is 0 Å². The maximum atomic E-state index is 12.6. The largest absolute Gasteiger partial charge is 0.477 e. The lowest BCUT2D eigenvalue weighted by atomic mass is 9.97. The Kier molecular flexibility index (Phi) is 7.93. The molecule has 9 heteroatoms. The number of H-pyrrole nitrogens is 1. The number of aromatic nitrogens is 2. The molecular weight excluding hydrogens is 426 g/mol. The molecule has 2 atom stereocenters. The molecule has 0 aliphatic rings. The molecule has 1 aromatic heterocycles. The van der Waals surface area contributed by atoms with Gasteiger partial charge in [-0.15, -0.1) is 0 Å². The molecule has 0 fully saturated rings. The molecule has 172 valence electrons. The summed E-state index contributed by atoms with van der Waals surface area (Å²) in [5.74, 6) is -2.64. The van der Waals surface area contributed by atoms with Gasteiger partial charge in [-0.25, -0.2) is 9.59 Å². The molecule has 0 unspecified atom stereocenters. The Morgan fingerprint density at radius 3 is 2.33 bits per heavy atom. The molecule has 0 bridgehead atoms. The molecule has 0 aliphatic heterocycles. The first kappa shape index (κ1) is 23.7. The molecule has 1 amide bonds. The van der Waals surface area contributed by atoms with Gasteiger partial charge >= 0.3 is 11.9 Å². The first-order chi connectivity index (χ1) is 15.9. The number of amides is 1. The molecular formula is C24H25N3O6. The van der Waals surface area contributed by atoms with Gasteiger partial charge in [0.25, 0.3) is 5.91 Å². The topological polar surface area (TPSA) is 142 Å². The summed E-state index contributed by atoms with van der Waals surface area (Å²) in [6.07, 6.45) is -1.18. The third kappa shape index (κ3) is 6.50. The number of aliphatic hydroxyl groups excluding tert-OH is 1. The van der Waals surface area contributed by atoms with Crippen LogP contribution in [0.2, 0.25) is 0 Å². The number of aromatic amines is 1. The van der Waals surface area contributed by atoms with Crippen LogP contribution in [0.25, 0.3) is 11.1 Å². The molecule has 0 saturated carbocycles. The van der Waals surface area contributed by atoms with Crippen LogP contribution in [0.3, 0.4) is 0 Å². The van der Waals surface area contributed by atoms with Crippen LogP contribution in [0.15, 0.2) is 60.7 Å². The Hall–Kier alpha value is -3.98.